The molecule has 3 rings (SSSR count). The van der Waals surface area contributed by atoms with Crippen molar-refractivity contribution in [1.29, 1.82) is 0 Å². The van der Waals surface area contributed by atoms with E-state index in [0.717, 1.165) is 12.8 Å². The molecular weight excluding hydrogens is 330 g/mol. The number of nitrogens with two attached hydrogens (primary N) is 1. The Kier molecular flexibility index (Phi) is 4.90. The molecule has 0 bridgehead atoms. The molecule has 2 N–H and O–H groups in total. The fourth-order valence-electron chi connectivity index (χ4n) is 2.59. The Morgan fingerprint density at radius 3 is 2.96 bits per heavy atom. The molecule has 1 fully saturated rings. The van der Waals surface area contributed by atoms with E-state index < -0.39 is 0 Å². The van der Waals surface area contributed by atoms with Crippen LogP contribution in [0.2, 0.25) is 5.02 Å². The van der Waals surface area contributed by atoms with Gasteiger partial charge < -0.3 is 15.1 Å². The highest BCUT2D eigenvalue weighted by atomic mass is 35.5. The van der Waals surface area contributed by atoms with Crippen molar-refractivity contribution in [3.8, 4) is 0 Å². The summed E-state index contributed by atoms with van der Waals surface area (Å²) in [6.45, 7) is 0.603. The van der Waals surface area contributed by atoms with Crippen LogP contribution in [0.1, 0.15) is 23.4 Å². The van der Waals surface area contributed by atoms with E-state index in [0.29, 0.717) is 17.3 Å². The third-order valence-electron chi connectivity index (χ3n) is 3.72. The molecule has 2 heterocycles. The van der Waals surface area contributed by atoms with Gasteiger partial charge in [0, 0.05) is 11.6 Å². The predicted molar refractivity (Wildman–Crippen MR) is 90.4 cm³/mol. The summed E-state index contributed by atoms with van der Waals surface area (Å²) in [5, 5.41) is 12.2. The van der Waals surface area contributed by atoms with Gasteiger partial charge in [0.2, 0.25) is 0 Å². The van der Waals surface area contributed by atoms with Gasteiger partial charge in [-0.2, -0.15) is 0 Å². The van der Waals surface area contributed by atoms with Crippen LogP contribution in [0.25, 0.3) is 0 Å². The van der Waals surface area contributed by atoms with Crippen LogP contribution >= 0.6 is 11.6 Å². The zero-order chi connectivity index (χ0) is 16.9. The van der Waals surface area contributed by atoms with Crippen molar-refractivity contribution in [1.82, 2.24) is 4.90 Å². The van der Waals surface area contributed by atoms with E-state index in [4.69, 9.17) is 21.8 Å². The lowest BCUT2D eigenvalue weighted by Gasteiger charge is -2.22. The lowest BCUT2D eigenvalue weighted by Crippen LogP contribution is -2.43. The highest BCUT2D eigenvalue weighted by molar-refractivity contribution is 6.30. The number of benzene rings is 1. The molecule has 2 aromatic rings. The van der Waals surface area contributed by atoms with Crippen molar-refractivity contribution in [2.75, 3.05) is 6.54 Å². The fourth-order valence-corrected chi connectivity index (χ4v) is 2.77. The molecule has 1 unspecified atom stereocenters. The monoisotopic (exact) mass is 345 g/mol. The normalized spacial score (nSPS) is 18.5. The molecule has 0 aliphatic carbocycles. The third-order valence-corrected chi connectivity index (χ3v) is 3.95. The Labute approximate surface area is 143 Å². The van der Waals surface area contributed by atoms with Crippen molar-refractivity contribution in [3.63, 3.8) is 0 Å². The van der Waals surface area contributed by atoms with E-state index in [1.165, 1.54) is 6.26 Å². The number of halogens is 1. The number of hydrogen-bond donors (Lipinski definition) is 1. The van der Waals surface area contributed by atoms with Crippen LogP contribution in [0.3, 0.4) is 0 Å². The van der Waals surface area contributed by atoms with E-state index in [9.17, 15) is 4.79 Å². The van der Waals surface area contributed by atoms with E-state index in [2.05, 4.69) is 15.4 Å². The molecule has 7 nitrogen and oxygen atoms in total. The summed E-state index contributed by atoms with van der Waals surface area (Å²) in [7, 11) is 0. The zero-order valence-corrected chi connectivity index (χ0v) is 13.6. The first-order chi connectivity index (χ1) is 11.6. The van der Waals surface area contributed by atoms with Crippen LogP contribution in [0.5, 0.6) is 0 Å². The summed E-state index contributed by atoms with van der Waals surface area (Å²) in [6, 6.07) is 9.93. The highest BCUT2D eigenvalue weighted by Gasteiger charge is 2.33. The molecule has 1 aromatic carbocycles. The molecule has 1 aliphatic rings. The van der Waals surface area contributed by atoms with Gasteiger partial charge >= 0.3 is 0 Å². The lowest BCUT2D eigenvalue weighted by molar-refractivity contribution is 0.0737. The SMILES string of the molecule is NC(=NN=Nc1cccc(Cl)c1)C1CCCN1C(=O)c1ccco1. The average molecular weight is 346 g/mol. The minimum Gasteiger partial charge on any atom is -0.459 e. The Morgan fingerprint density at radius 1 is 1.33 bits per heavy atom. The Hall–Kier alpha value is -2.67. The van der Waals surface area contributed by atoms with Gasteiger partial charge in [0.15, 0.2) is 5.76 Å². The first kappa shape index (κ1) is 16.2. The first-order valence-electron chi connectivity index (χ1n) is 7.49. The molecule has 1 saturated heterocycles. The molecule has 24 heavy (non-hydrogen) atoms. The lowest BCUT2D eigenvalue weighted by atomic mass is 10.2. The maximum absolute atomic E-state index is 12.4. The molecule has 124 valence electrons. The second-order valence-corrected chi connectivity index (χ2v) is 5.76. The maximum Gasteiger partial charge on any atom is 0.290 e. The van der Waals surface area contributed by atoms with Crippen LogP contribution < -0.4 is 5.73 Å². The van der Waals surface area contributed by atoms with Crippen LogP contribution in [-0.4, -0.2) is 29.2 Å². The summed E-state index contributed by atoms with van der Waals surface area (Å²) in [6.07, 6.45) is 3.04. The number of likely N-dealkylation sites (tertiary alicyclic amines) is 1. The molecule has 0 spiro atoms. The Bertz CT molecular complexity index is 773. The van der Waals surface area contributed by atoms with Gasteiger partial charge in [-0.25, -0.2) is 0 Å². The van der Waals surface area contributed by atoms with Gasteiger partial charge in [-0.15, -0.1) is 10.2 Å². The predicted octanol–water partition coefficient (Wildman–Crippen LogP) is 3.59. The quantitative estimate of drug-likeness (QED) is 0.397. The van der Waals surface area contributed by atoms with Gasteiger partial charge in [0.1, 0.15) is 5.84 Å². The fraction of sp³-hybridized carbons (Fsp3) is 0.250. The number of nitrogens with zero attached hydrogens (tertiary/aromatic N) is 4. The topological polar surface area (TPSA) is 96.5 Å². The number of amides is 1. The number of carbonyl (C=O) groups is 1. The minimum absolute atomic E-state index is 0.201. The van der Waals surface area contributed by atoms with E-state index >= 15 is 0 Å². The van der Waals surface area contributed by atoms with E-state index in [1.807, 2.05) is 0 Å². The van der Waals surface area contributed by atoms with Gasteiger partial charge in [-0.3, -0.25) is 4.79 Å². The Morgan fingerprint density at radius 2 is 2.21 bits per heavy atom. The van der Waals surface area contributed by atoms with E-state index in [-0.39, 0.29) is 23.5 Å². The summed E-state index contributed by atoms with van der Waals surface area (Å²) in [5.74, 6) is 0.334. The molecule has 0 saturated carbocycles. The largest absolute Gasteiger partial charge is 0.459 e. The van der Waals surface area contributed by atoms with Gasteiger partial charge in [0.25, 0.3) is 5.91 Å². The number of furan rings is 1. The molecule has 1 aromatic heterocycles. The van der Waals surface area contributed by atoms with Gasteiger partial charge in [-0.05, 0) is 48.4 Å². The van der Waals surface area contributed by atoms with Crippen LogP contribution in [0, 0.1) is 0 Å². The van der Waals surface area contributed by atoms with Crippen molar-refractivity contribution in [2.45, 2.75) is 18.9 Å². The smallest absolute Gasteiger partial charge is 0.290 e. The van der Waals surface area contributed by atoms with Gasteiger partial charge in [0.05, 0.1) is 18.0 Å². The van der Waals surface area contributed by atoms with Crippen molar-refractivity contribution in [3.05, 3.63) is 53.4 Å². The standard InChI is InChI=1S/C16H16ClN5O2/c17-11-4-1-5-12(10-11)19-21-20-15(18)13-6-2-8-22(13)16(23)14-7-3-9-24-14/h1,3-5,7,9-10,13H,2,6,8H2,(H2,18,19,20). The second kappa shape index (κ2) is 7.27. The molecule has 1 amide bonds. The molecule has 8 heteroatoms. The van der Waals surface area contributed by atoms with E-state index in [1.54, 1.807) is 41.3 Å². The molecule has 1 aliphatic heterocycles. The summed E-state index contributed by atoms with van der Waals surface area (Å²) in [5.41, 5.74) is 6.58. The number of rotatable bonds is 4. The number of hydrogen-bond acceptors (Lipinski definition) is 4. The zero-order valence-electron chi connectivity index (χ0n) is 12.8. The van der Waals surface area contributed by atoms with Gasteiger partial charge in [-0.1, -0.05) is 17.7 Å². The molecule has 0 radical (unpaired) electrons. The minimum atomic E-state index is -0.305. The Balaban J connectivity index is 1.71. The van der Waals surface area contributed by atoms with Crippen molar-refractivity contribution in [2.24, 2.45) is 21.2 Å². The summed E-state index contributed by atoms with van der Waals surface area (Å²) < 4.78 is 5.16. The van der Waals surface area contributed by atoms with Crippen LogP contribution in [0.4, 0.5) is 5.69 Å². The van der Waals surface area contributed by atoms with Crippen molar-refractivity contribution >= 4 is 29.0 Å². The maximum atomic E-state index is 12.4. The first-order valence-corrected chi connectivity index (χ1v) is 7.87. The number of carbonyl (C=O) groups excluding carboxylic acids is 1. The van der Waals surface area contributed by atoms with Crippen molar-refractivity contribution < 1.29 is 9.21 Å². The number of amidine groups is 1. The molecule has 1 atom stereocenters. The summed E-state index contributed by atoms with van der Waals surface area (Å²) >= 11 is 5.88. The molecular formula is C16H16ClN5O2. The second-order valence-electron chi connectivity index (χ2n) is 5.33. The summed E-state index contributed by atoms with van der Waals surface area (Å²) in [4.78, 5) is 14.1. The third kappa shape index (κ3) is 3.62. The van der Waals surface area contributed by atoms with Crippen LogP contribution in [0.15, 0.2) is 62.5 Å². The average Bonchev–Trinajstić information content (AvgIpc) is 3.26. The van der Waals surface area contributed by atoms with Crippen LogP contribution in [-0.2, 0) is 0 Å². The highest BCUT2D eigenvalue weighted by Crippen LogP contribution is 2.21.